The van der Waals surface area contributed by atoms with Gasteiger partial charge in [0.1, 0.15) is 10.6 Å². The Hall–Kier alpha value is -2.32. The highest BCUT2D eigenvalue weighted by molar-refractivity contribution is 7.99. The Morgan fingerprint density at radius 2 is 2.19 bits per heavy atom. The number of hydrogen-bond acceptors (Lipinski definition) is 6. The normalized spacial score (nSPS) is 15.5. The molecule has 2 heterocycles. The molecule has 0 saturated carbocycles. The fourth-order valence-electron chi connectivity index (χ4n) is 4.22. The van der Waals surface area contributed by atoms with Crippen LogP contribution in [0, 0.1) is 5.92 Å². The summed E-state index contributed by atoms with van der Waals surface area (Å²) in [6.45, 7) is 5.29. The van der Waals surface area contributed by atoms with Crippen molar-refractivity contribution in [3.05, 3.63) is 50.6 Å². The number of nitrogens with zero attached hydrogens (tertiary/aromatic N) is 2. The van der Waals surface area contributed by atoms with Gasteiger partial charge in [-0.25, -0.2) is 4.98 Å². The van der Waals surface area contributed by atoms with E-state index in [0.29, 0.717) is 30.6 Å². The summed E-state index contributed by atoms with van der Waals surface area (Å²) in [5.74, 6) is 1.64. The number of carbonyl (C=O) groups excluding carboxylic acids is 1. The summed E-state index contributed by atoms with van der Waals surface area (Å²) in [5.41, 5.74) is 2.29. The summed E-state index contributed by atoms with van der Waals surface area (Å²) < 4.78 is 7.07. The lowest BCUT2D eigenvalue weighted by Gasteiger charge is -2.17. The number of carbonyl (C=O) groups is 1. The van der Waals surface area contributed by atoms with Gasteiger partial charge in [-0.1, -0.05) is 36.9 Å². The number of aromatic nitrogens is 2. The van der Waals surface area contributed by atoms with Gasteiger partial charge in [-0.2, -0.15) is 0 Å². The minimum absolute atomic E-state index is 0.0311. The second-order valence-corrected chi connectivity index (χ2v) is 10.2. The Balaban J connectivity index is 1.43. The van der Waals surface area contributed by atoms with Crippen molar-refractivity contribution in [3.63, 3.8) is 0 Å². The summed E-state index contributed by atoms with van der Waals surface area (Å²) in [6.07, 6.45) is 3.80. The first-order valence-corrected chi connectivity index (χ1v) is 12.9. The predicted molar refractivity (Wildman–Crippen MR) is 131 cm³/mol. The predicted octanol–water partition coefficient (Wildman–Crippen LogP) is 4.06. The molecule has 0 spiro atoms. The number of hydrogen-bond donors (Lipinski definition) is 1. The van der Waals surface area contributed by atoms with Crippen LogP contribution in [0.4, 0.5) is 0 Å². The van der Waals surface area contributed by atoms with Crippen molar-refractivity contribution in [2.45, 2.75) is 51.2 Å². The number of amides is 1. The van der Waals surface area contributed by atoms with Crippen LogP contribution < -0.4 is 15.6 Å². The third kappa shape index (κ3) is 4.71. The van der Waals surface area contributed by atoms with E-state index in [-0.39, 0.29) is 17.2 Å². The number of nitrogens with one attached hydrogen (secondary N) is 1. The molecule has 1 unspecified atom stereocenters. The number of para-hydroxylation sites is 1. The molecule has 4 rings (SSSR count). The van der Waals surface area contributed by atoms with Crippen LogP contribution in [0.3, 0.4) is 0 Å². The Bertz CT molecular complexity index is 1190. The highest BCUT2D eigenvalue weighted by Gasteiger charge is 2.24. The van der Waals surface area contributed by atoms with Gasteiger partial charge in [0.2, 0.25) is 5.91 Å². The van der Waals surface area contributed by atoms with Crippen LogP contribution in [-0.2, 0) is 30.6 Å². The van der Waals surface area contributed by atoms with Crippen LogP contribution in [0.5, 0.6) is 5.75 Å². The summed E-state index contributed by atoms with van der Waals surface area (Å²) in [5, 5.41) is 4.38. The second kappa shape index (κ2) is 10.1. The topological polar surface area (TPSA) is 73.2 Å². The number of methoxy groups -OCH3 is 1. The zero-order chi connectivity index (χ0) is 22.7. The average Bonchev–Trinajstić information content (AvgIpc) is 3.15. The van der Waals surface area contributed by atoms with Gasteiger partial charge in [0.25, 0.3) is 5.56 Å². The quantitative estimate of drug-likeness (QED) is 0.396. The smallest absolute Gasteiger partial charge is 0.263 e. The average molecular weight is 472 g/mol. The molecular formula is C24H29N3O3S2. The van der Waals surface area contributed by atoms with Crippen LogP contribution in [0.15, 0.2) is 34.2 Å². The summed E-state index contributed by atoms with van der Waals surface area (Å²) in [4.78, 5) is 32.6. The number of aryl methyl sites for hydroxylation is 1. The van der Waals surface area contributed by atoms with Crippen molar-refractivity contribution in [1.82, 2.24) is 14.9 Å². The maximum Gasteiger partial charge on any atom is 0.263 e. The largest absolute Gasteiger partial charge is 0.496 e. The van der Waals surface area contributed by atoms with Crippen LogP contribution >= 0.6 is 23.1 Å². The van der Waals surface area contributed by atoms with Gasteiger partial charge < -0.3 is 10.1 Å². The minimum Gasteiger partial charge on any atom is -0.496 e. The van der Waals surface area contributed by atoms with Gasteiger partial charge in [-0.05, 0) is 55.7 Å². The van der Waals surface area contributed by atoms with E-state index in [1.807, 2.05) is 31.2 Å². The SMILES string of the molecule is CCn1c(SCC(=O)NCCc2ccccc2OC)nc2sc3c(c2c1=O)CCC(C)C3. The number of benzene rings is 1. The molecule has 2 aromatic heterocycles. The molecule has 0 fully saturated rings. The molecule has 8 heteroatoms. The third-order valence-electron chi connectivity index (χ3n) is 5.94. The fraction of sp³-hybridized carbons (Fsp3) is 0.458. The number of thiophene rings is 1. The standard InChI is InChI=1S/C24H29N3O3S2/c1-4-27-23(29)21-17-10-9-15(2)13-19(17)32-22(21)26-24(27)31-14-20(28)25-12-11-16-7-5-6-8-18(16)30-3/h5-8,15H,4,9-14H2,1-3H3,(H,25,28). The van der Waals surface area contributed by atoms with Crippen LogP contribution in [0.2, 0.25) is 0 Å². The number of rotatable bonds is 8. The Kier molecular flexibility index (Phi) is 7.20. The van der Waals surface area contributed by atoms with Crippen molar-refractivity contribution >= 4 is 39.2 Å². The first kappa shape index (κ1) is 22.9. The molecule has 0 aliphatic heterocycles. The van der Waals surface area contributed by atoms with E-state index in [2.05, 4.69) is 12.2 Å². The lowest BCUT2D eigenvalue weighted by Crippen LogP contribution is -2.28. The maximum absolute atomic E-state index is 13.2. The molecule has 1 aliphatic rings. The highest BCUT2D eigenvalue weighted by atomic mass is 32.2. The summed E-state index contributed by atoms with van der Waals surface area (Å²) in [7, 11) is 1.65. The highest BCUT2D eigenvalue weighted by Crippen LogP contribution is 2.36. The van der Waals surface area contributed by atoms with Crippen molar-refractivity contribution in [3.8, 4) is 5.75 Å². The number of ether oxygens (including phenoxy) is 1. The van der Waals surface area contributed by atoms with Gasteiger partial charge >= 0.3 is 0 Å². The zero-order valence-electron chi connectivity index (χ0n) is 18.8. The van der Waals surface area contributed by atoms with E-state index < -0.39 is 0 Å². The fourth-order valence-corrected chi connectivity index (χ4v) is 6.54. The summed E-state index contributed by atoms with van der Waals surface area (Å²) in [6, 6.07) is 7.81. The number of fused-ring (bicyclic) bond motifs is 3. The van der Waals surface area contributed by atoms with Gasteiger partial charge in [0, 0.05) is 18.0 Å². The molecule has 1 N–H and O–H groups in total. The van der Waals surface area contributed by atoms with Crippen molar-refractivity contribution in [1.29, 1.82) is 0 Å². The van der Waals surface area contributed by atoms with Gasteiger partial charge in [-0.3, -0.25) is 14.2 Å². The molecule has 6 nitrogen and oxygen atoms in total. The molecule has 1 aliphatic carbocycles. The lowest BCUT2D eigenvalue weighted by molar-refractivity contribution is -0.118. The van der Waals surface area contributed by atoms with E-state index >= 15 is 0 Å². The minimum atomic E-state index is -0.0683. The summed E-state index contributed by atoms with van der Waals surface area (Å²) >= 11 is 2.98. The second-order valence-electron chi connectivity index (χ2n) is 8.18. The molecule has 0 saturated heterocycles. The number of thioether (sulfide) groups is 1. The third-order valence-corrected chi connectivity index (χ3v) is 8.06. The zero-order valence-corrected chi connectivity index (χ0v) is 20.4. The first-order valence-electron chi connectivity index (χ1n) is 11.1. The molecule has 3 aromatic rings. The molecule has 1 atom stereocenters. The molecular weight excluding hydrogens is 442 g/mol. The van der Waals surface area contributed by atoms with Crippen molar-refractivity contribution < 1.29 is 9.53 Å². The van der Waals surface area contributed by atoms with E-state index in [1.165, 1.54) is 22.2 Å². The van der Waals surface area contributed by atoms with Gasteiger partial charge in [0.15, 0.2) is 5.16 Å². The molecule has 0 radical (unpaired) electrons. The first-order chi connectivity index (χ1) is 15.5. The van der Waals surface area contributed by atoms with Crippen LogP contribution in [0.25, 0.3) is 10.2 Å². The van der Waals surface area contributed by atoms with Crippen molar-refractivity contribution in [2.24, 2.45) is 5.92 Å². The Morgan fingerprint density at radius 1 is 1.38 bits per heavy atom. The van der Waals surface area contributed by atoms with E-state index in [0.717, 1.165) is 40.8 Å². The molecule has 0 bridgehead atoms. The van der Waals surface area contributed by atoms with E-state index in [4.69, 9.17) is 9.72 Å². The molecule has 1 aromatic carbocycles. The molecule has 32 heavy (non-hydrogen) atoms. The molecule has 1 amide bonds. The van der Waals surface area contributed by atoms with Gasteiger partial charge in [-0.15, -0.1) is 11.3 Å². The van der Waals surface area contributed by atoms with Crippen LogP contribution in [-0.4, -0.2) is 34.9 Å². The maximum atomic E-state index is 13.2. The van der Waals surface area contributed by atoms with Crippen molar-refractivity contribution in [2.75, 3.05) is 19.4 Å². The van der Waals surface area contributed by atoms with Gasteiger partial charge in [0.05, 0.1) is 18.2 Å². The van der Waals surface area contributed by atoms with E-state index in [9.17, 15) is 9.59 Å². The monoisotopic (exact) mass is 471 g/mol. The lowest BCUT2D eigenvalue weighted by atomic mass is 9.89. The van der Waals surface area contributed by atoms with Crippen LogP contribution in [0.1, 0.15) is 36.3 Å². The Morgan fingerprint density at radius 3 is 2.97 bits per heavy atom. The molecule has 170 valence electrons. The Labute approximate surface area is 196 Å². The van der Waals surface area contributed by atoms with E-state index in [1.54, 1.807) is 23.0 Å².